The van der Waals surface area contributed by atoms with E-state index in [1.807, 2.05) is 49.4 Å². The van der Waals surface area contributed by atoms with Crippen molar-refractivity contribution in [3.05, 3.63) is 64.7 Å². The molecule has 1 aliphatic rings. The molecule has 1 aliphatic heterocycles. The van der Waals surface area contributed by atoms with E-state index in [0.717, 1.165) is 43.1 Å². The average Bonchev–Trinajstić information content (AvgIpc) is 2.76. The van der Waals surface area contributed by atoms with Crippen molar-refractivity contribution in [1.82, 2.24) is 15.3 Å². The molecule has 3 aromatic rings. The highest BCUT2D eigenvalue weighted by molar-refractivity contribution is 6.33. The maximum Gasteiger partial charge on any atom is 0.165 e. The van der Waals surface area contributed by atoms with E-state index in [0.29, 0.717) is 33.8 Å². The Morgan fingerprint density at radius 3 is 2.50 bits per heavy atom. The van der Waals surface area contributed by atoms with Crippen LogP contribution in [0.3, 0.4) is 0 Å². The number of nitrogens with zero attached hydrogens (tertiary/aromatic N) is 4. The molecule has 0 aliphatic carbocycles. The summed E-state index contributed by atoms with van der Waals surface area (Å²) in [4.78, 5) is 16.4. The molecular weight excluding hydrogens is 398 g/mol. The molecule has 30 heavy (non-hydrogen) atoms. The topological polar surface area (TPSA) is 105 Å². The molecule has 7 nitrogen and oxygen atoms in total. The van der Waals surface area contributed by atoms with Crippen LogP contribution in [0.4, 0.5) is 17.3 Å². The van der Waals surface area contributed by atoms with E-state index in [4.69, 9.17) is 33.0 Å². The van der Waals surface area contributed by atoms with Crippen molar-refractivity contribution in [2.24, 2.45) is 10.7 Å². The fraction of sp³-hybridized carbons (Fsp3) is 0.227. The first-order valence-corrected chi connectivity index (χ1v) is 10.2. The number of rotatable bonds is 4. The summed E-state index contributed by atoms with van der Waals surface area (Å²) >= 11 is 6.43. The minimum absolute atomic E-state index is 0.311. The van der Waals surface area contributed by atoms with Gasteiger partial charge in [-0.05, 0) is 31.2 Å². The second-order valence-corrected chi connectivity index (χ2v) is 7.53. The van der Waals surface area contributed by atoms with Gasteiger partial charge in [-0.25, -0.2) is 15.0 Å². The Morgan fingerprint density at radius 2 is 1.77 bits per heavy atom. The Balaban J connectivity index is 1.86. The van der Waals surface area contributed by atoms with E-state index in [2.05, 4.69) is 15.2 Å². The van der Waals surface area contributed by atoms with E-state index < -0.39 is 0 Å². The average molecular weight is 422 g/mol. The van der Waals surface area contributed by atoms with Gasteiger partial charge in [-0.1, -0.05) is 35.9 Å². The van der Waals surface area contributed by atoms with Gasteiger partial charge >= 0.3 is 0 Å². The molecule has 2 heterocycles. The van der Waals surface area contributed by atoms with Gasteiger partial charge in [-0.15, -0.1) is 0 Å². The summed E-state index contributed by atoms with van der Waals surface area (Å²) in [6.07, 6.45) is 0. The Morgan fingerprint density at radius 1 is 1.07 bits per heavy atom. The number of hydrogen-bond acceptors (Lipinski definition) is 6. The smallest absolute Gasteiger partial charge is 0.165 e. The second-order valence-electron chi connectivity index (χ2n) is 7.12. The number of aliphatic imine (C=N–C) groups is 1. The van der Waals surface area contributed by atoms with Crippen LogP contribution in [0.15, 0.2) is 53.5 Å². The summed E-state index contributed by atoms with van der Waals surface area (Å²) in [5.74, 6) is 2.18. The molecule has 0 unspecified atom stereocenters. The van der Waals surface area contributed by atoms with Gasteiger partial charge in [0.25, 0.3) is 0 Å². The van der Waals surface area contributed by atoms with Crippen LogP contribution in [0.1, 0.15) is 11.1 Å². The normalized spacial score (nSPS) is 14.7. The molecule has 1 saturated heterocycles. The predicted molar refractivity (Wildman–Crippen MR) is 124 cm³/mol. The molecule has 4 rings (SSSR count). The third kappa shape index (κ3) is 4.08. The number of piperazine rings is 1. The second kappa shape index (κ2) is 8.69. The number of amidine groups is 1. The van der Waals surface area contributed by atoms with Crippen LogP contribution >= 0.6 is 11.6 Å². The summed E-state index contributed by atoms with van der Waals surface area (Å²) in [6, 6.07) is 14.9. The van der Waals surface area contributed by atoms with Crippen molar-refractivity contribution in [2.75, 3.05) is 36.8 Å². The molecule has 0 radical (unpaired) electrons. The van der Waals surface area contributed by atoms with E-state index in [9.17, 15) is 0 Å². The fourth-order valence-corrected chi connectivity index (χ4v) is 3.67. The lowest BCUT2D eigenvalue weighted by Gasteiger charge is -2.30. The van der Waals surface area contributed by atoms with Gasteiger partial charge in [0.2, 0.25) is 0 Å². The van der Waals surface area contributed by atoms with Crippen molar-refractivity contribution >= 4 is 34.8 Å². The van der Waals surface area contributed by atoms with Crippen LogP contribution in [0.5, 0.6) is 0 Å². The Bertz CT molecular complexity index is 1090. The zero-order valence-electron chi connectivity index (χ0n) is 16.8. The van der Waals surface area contributed by atoms with Gasteiger partial charge in [0, 0.05) is 48.6 Å². The first-order valence-electron chi connectivity index (χ1n) is 9.83. The van der Waals surface area contributed by atoms with Gasteiger partial charge in [0.1, 0.15) is 11.7 Å². The SMILES string of the molecule is Cc1c(/N=C(\N)c2ccccc2N)nc(-c2ccccc2Cl)nc1N1CCNCC1. The highest BCUT2D eigenvalue weighted by Crippen LogP contribution is 2.32. The molecular formula is C22H24ClN7. The number of nitrogens with two attached hydrogens (primary N) is 2. The molecule has 8 heteroatoms. The minimum Gasteiger partial charge on any atom is -0.398 e. The molecule has 5 N–H and O–H groups in total. The Labute approximate surface area is 180 Å². The Hall–Kier alpha value is -3.16. The van der Waals surface area contributed by atoms with Crippen molar-refractivity contribution in [3.8, 4) is 11.4 Å². The van der Waals surface area contributed by atoms with Gasteiger partial charge in [0.15, 0.2) is 11.6 Å². The number of anilines is 2. The predicted octanol–water partition coefficient (Wildman–Crippen LogP) is 3.13. The molecule has 0 spiro atoms. The lowest BCUT2D eigenvalue weighted by atomic mass is 10.1. The van der Waals surface area contributed by atoms with E-state index in [1.165, 1.54) is 0 Å². The third-order valence-corrected chi connectivity index (χ3v) is 5.42. The molecule has 1 aromatic heterocycles. The number of nitrogen functional groups attached to an aromatic ring is 1. The van der Waals surface area contributed by atoms with Crippen molar-refractivity contribution in [2.45, 2.75) is 6.92 Å². The summed E-state index contributed by atoms with van der Waals surface area (Å²) in [6.45, 7) is 5.46. The molecule has 2 aromatic carbocycles. The summed E-state index contributed by atoms with van der Waals surface area (Å²) < 4.78 is 0. The van der Waals surface area contributed by atoms with Crippen LogP contribution in [0.2, 0.25) is 5.02 Å². The molecule has 0 bridgehead atoms. The molecule has 154 valence electrons. The zero-order valence-corrected chi connectivity index (χ0v) is 17.5. The summed E-state index contributed by atoms with van der Waals surface area (Å²) in [5.41, 5.74) is 15.2. The zero-order chi connectivity index (χ0) is 21.1. The van der Waals surface area contributed by atoms with Crippen LogP contribution in [-0.4, -0.2) is 42.0 Å². The number of aromatic nitrogens is 2. The number of halogens is 1. The van der Waals surface area contributed by atoms with Crippen LogP contribution < -0.4 is 21.7 Å². The van der Waals surface area contributed by atoms with Crippen molar-refractivity contribution < 1.29 is 0 Å². The lowest BCUT2D eigenvalue weighted by molar-refractivity contribution is 0.584. The fourth-order valence-electron chi connectivity index (χ4n) is 3.45. The lowest BCUT2D eigenvalue weighted by Crippen LogP contribution is -2.44. The van der Waals surface area contributed by atoms with Crippen LogP contribution in [0.25, 0.3) is 11.4 Å². The van der Waals surface area contributed by atoms with Crippen molar-refractivity contribution in [3.63, 3.8) is 0 Å². The number of para-hydroxylation sites is 1. The van der Waals surface area contributed by atoms with Crippen LogP contribution in [0, 0.1) is 6.92 Å². The standard InChI is InChI=1S/C22H24ClN7/c1-14-20(27-19(25)16-7-3-5-9-18(16)24)28-21(15-6-2-4-8-17(15)23)29-22(14)30-12-10-26-11-13-30/h2-9,26H,10-13,24H2,1H3,(H2,25,27,28,29). The monoisotopic (exact) mass is 421 g/mol. The number of nitrogens with one attached hydrogen (secondary N) is 1. The Kier molecular flexibility index (Phi) is 5.83. The summed E-state index contributed by atoms with van der Waals surface area (Å²) in [5, 5.41) is 3.95. The first-order chi connectivity index (χ1) is 14.5. The van der Waals surface area contributed by atoms with E-state index in [-0.39, 0.29) is 0 Å². The quantitative estimate of drug-likeness (QED) is 0.339. The third-order valence-electron chi connectivity index (χ3n) is 5.09. The minimum atomic E-state index is 0.311. The summed E-state index contributed by atoms with van der Waals surface area (Å²) in [7, 11) is 0. The number of benzene rings is 2. The highest BCUT2D eigenvalue weighted by atomic mass is 35.5. The highest BCUT2D eigenvalue weighted by Gasteiger charge is 2.20. The molecule has 0 saturated carbocycles. The molecule has 0 atom stereocenters. The van der Waals surface area contributed by atoms with Crippen molar-refractivity contribution in [1.29, 1.82) is 0 Å². The maximum absolute atomic E-state index is 6.43. The van der Waals surface area contributed by atoms with Gasteiger partial charge < -0.3 is 21.7 Å². The van der Waals surface area contributed by atoms with E-state index >= 15 is 0 Å². The first kappa shape index (κ1) is 20.1. The van der Waals surface area contributed by atoms with Gasteiger partial charge in [-0.3, -0.25) is 0 Å². The molecule has 0 amide bonds. The van der Waals surface area contributed by atoms with Crippen LogP contribution in [-0.2, 0) is 0 Å². The molecule has 1 fully saturated rings. The van der Waals surface area contributed by atoms with E-state index in [1.54, 1.807) is 6.07 Å². The van der Waals surface area contributed by atoms with Gasteiger partial charge in [0.05, 0.1) is 5.02 Å². The largest absolute Gasteiger partial charge is 0.398 e. The maximum atomic E-state index is 6.43. The number of hydrogen-bond donors (Lipinski definition) is 3. The van der Waals surface area contributed by atoms with Gasteiger partial charge in [-0.2, -0.15) is 0 Å².